The van der Waals surface area contributed by atoms with Crippen molar-refractivity contribution in [1.29, 1.82) is 0 Å². The molecule has 3 heteroatoms. The SMILES string of the molecule is CCC1OC(C)C(O)C1O. The molecule has 0 aromatic carbocycles. The van der Waals surface area contributed by atoms with Gasteiger partial charge >= 0.3 is 0 Å². The van der Waals surface area contributed by atoms with Gasteiger partial charge in [0.15, 0.2) is 0 Å². The minimum absolute atomic E-state index is 0.176. The van der Waals surface area contributed by atoms with Gasteiger partial charge in [0.05, 0.1) is 12.2 Å². The second-order valence-corrected chi connectivity index (χ2v) is 2.77. The molecule has 4 atom stereocenters. The van der Waals surface area contributed by atoms with E-state index >= 15 is 0 Å². The molecule has 0 spiro atoms. The van der Waals surface area contributed by atoms with E-state index in [9.17, 15) is 10.2 Å². The molecule has 1 aliphatic heterocycles. The highest BCUT2D eigenvalue weighted by molar-refractivity contribution is 4.87. The summed E-state index contributed by atoms with van der Waals surface area (Å²) in [6, 6.07) is 0. The van der Waals surface area contributed by atoms with Gasteiger partial charge in [0.1, 0.15) is 12.2 Å². The highest BCUT2D eigenvalue weighted by atomic mass is 16.5. The zero-order chi connectivity index (χ0) is 7.72. The molecule has 3 nitrogen and oxygen atoms in total. The molecule has 1 fully saturated rings. The Bertz CT molecular complexity index is 115. The molecule has 0 aliphatic carbocycles. The van der Waals surface area contributed by atoms with Crippen LogP contribution in [-0.4, -0.2) is 34.6 Å². The third-order valence-corrected chi connectivity index (χ3v) is 2.00. The molecule has 0 bridgehead atoms. The lowest BCUT2D eigenvalue weighted by molar-refractivity contribution is 0.0144. The number of aliphatic hydroxyl groups excluding tert-OH is 2. The summed E-state index contributed by atoms with van der Waals surface area (Å²) in [5, 5.41) is 18.4. The van der Waals surface area contributed by atoms with Gasteiger partial charge < -0.3 is 14.9 Å². The normalized spacial score (nSPS) is 48.0. The fourth-order valence-corrected chi connectivity index (χ4v) is 1.27. The highest BCUT2D eigenvalue weighted by Crippen LogP contribution is 2.22. The molecule has 1 heterocycles. The molecular formula is C7H14O3. The maximum absolute atomic E-state index is 9.25. The first-order valence-corrected chi connectivity index (χ1v) is 3.68. The van der Waals surface area contributed by atoms with Crippen molar-refractivity contribution in [2.45, 2.75) is 44.7 Å². The summed E-state index contributed by atoms with van der Waals surface area (Å²) < 4.78 is 5.23. The average Bonchev–Trinajstić information content (AvgIpc) is 2.17. The van der Waals surface area contributed by atoms with E-state index in [2.05, 4.69) is 0 Å². The van der Waals surface area contributed by atoms with E-state index in [0.29, 0.717) is 0 Å². The van der Waals surface area contributed by atoms with Crippen molar-refractivity contribution in [3.8, 4) is 0 Å². The zero-order valence-corrected chi connectivity index (χ0v) is 6.32. The predicted molar refractivity (Wildman–Crippen MR) is 36.6 cm³/mol. The molecule has 1 aliphatic rings. The molecule has 2 N–H and O–H groups in total. The van der Waals surface area contributed by atoms with Crippen molar-refractivity contribution in [1.82, 2.24) is 0 Å². The van der Waals surface area contributed by atoms with Crippen LogP contribution in [0.5, 0.6) is 0 Å². The molecule has 10 heavy (non-hydrogen) atoms. The van der Waals surface area contributed by atoms with Crippen LogP contribution in [0.4, 0.5) is 0 Å². The first-order valence-electron chi connectivity index (χ1n) is 3.68. The van der Waals surface area contributed by atoms with Crippen LogP contribution in [0.15, 0.2) is 0 Å². The Morgan fingerprint density at radius 3 is 2.10 bits per heavy atom. The zero-order valence-electron chi connectivity index (χ0n) is 6.32. The fourth-order valence-electron chi connectivity index (χ4n) is 1.27. The van der Waals surface area contributed by atoms with E-state index in [4.69, 9.17) is 4.74 Å². The maximum atomic E-state index is 9.25. The first kappa shape index (κ1) is 7.98. The summed E-state index contributed by atoms with van der Waals surface area (Å²) >= 11 is 0. The van der Waals surface area contributed by atoms with Crippen LogP contribution in [0.25, 0.3) is 0 Å². The Hall–Kier alpha value is -0.120. The monoisotopic (exact) mass is 146 g/mol. The number of hydrogen-bond acceptors (Lipinski definition) is 3. The van der Waals surface area contributed by atoms with E-state index in [0.717, 1.165) is 6.42 Å². The minimum Gasteiger partial charge on any atom is -0.388 e. The molecule has 0 aromatic rings. The van der Waals surface area contributed by atoms with Gasteiger partial charge in [-0.05, 0) is 13.3 Å². The third kappa shape index (κ3) is 1.17. The topological polar surface area (TPSA) is 49.7 Å². The van der Waals surface area contributed by atoms with Gasteiger partial charge in [0, 0.05) is 0 Å². The van der Waals surface area contributed by atoms with Crippen LogP contribution in [-0.2, 0) is 4.74 Å². The van der Waals surface area contributed by atoms with Crippen molar-refractivity contribution >= 4 is 0 Å². The summed E-state index contributed by atoms with van der Waals surface area (Å²) in [4.78, 5) is 0. The van der Waals surface area contributed by atoms with Crippen molar-refractivity contribution in [3.63, 3.8) is 0 Å². The number of aliphatic hydroxyl groups is 2. The van der Waals surface area contributed by atoms with Gasteiger partial charge in [-0.1, -0.05) is 6.92 Å². The summed E-state index contributed by atoms with van der Waals surface area (Å²) in [5.41, 5.74) is 0. The largest absolute Gasteiger partial charge is 0.388 e. The van der Waals surface area contributed by atoms with Crippen LogP contribution in [0, 0.1) is 0 Å². The Labute approximate surface area is 60.6 Å². The van der Waals surface area contributed by atoms with E-state index in [-0.39, 0.29) is 12.2 Å². The Balaban J connectivity index is 2.53. The lowest BCUT2D eigenvalue weighted by Crippen LogP contribution is -2.31. The molecule has 0 saturated carbocycles. The maximum Gasteiger partial charge on any atom is 0.108 e. The lowest BCUT2D eigenvalue weighted by Gasteiger charge is -2.10. The highest BCUT2D eigenvalue weighted by Gasteiger charge is 2.38. The summed E-state index contributed by atoms with van der Waals surface area (Å²) in [7, 11) is 0. The molecular weight excluding hydrogens is 132 g/mol. The van der Waals surface area contributed by atoms with Gasteiger partial charge in [0.25, 0.3) is 0 Å². The van der Waals surface area contributed by atoms with Gasteiger partial charge in [-0.2, -0.15) is 0 Å². The minimum atomic E-state index is -0.704. The van der Waals surface area contributed by atoms with Gasteiger partial charge in [0.2, 0.25) is 0 Å². The lowest BCUT2D eigenvalue weighted by atomic mass is 10.1. The van der Waals surface area contributed by atoms with Gasteiger partial charge in [-0.15, -0.1) is 0 Å². The van der Waals surface area contributed by atoms with Crippen molar-refractivity contribution < 1.29 is 14.9 Å². The number of rotatable bonds is 1. The molecule has 1 saturated heterocycles. The Morgan fingerprint density at radius 2 is 1.90 bits per heavy atom. The van der Waals surface area contributed by atoms with Crippen molar-refractivity contribution in [2.75, 3.05) is 0 Å². The summed E-state index contributed by atoms with van der Waals surface area (Å²) in [5.74, 6) is 0. The second kappa shape index (κ2) is 2.86. The molecule has 0 aromatic heterocycles. The van der Waals surface area contributed by atoms with E-state index in [1.54, 1.807) is 6.92 Å². The quantitative estimate of drug-likeness (QED) is 0.543. The Morgan fingerprint density at radius 1 is 1.30 bits per heavy atom. The first-order chi connectivity index (χ1) is 4.66. The predicted octanol–water partition coefficient (Wildman–Crippen LogP) is -0.0945. The van der Waals surface area contributed by atoms with E-state index in [1.165, 1.54) is 0 Å². The molecule has 0 radical (unpaired) electrons. The molecule has 4 unspecified atom stereocenters. The van der Waals surface area contributed by atoms with Crippen LogP contribution >= 0.6 is 0 Å². The third-order valence-electron chi connectivity index (χ3n) is 2.00. The number of ether oxygens (including phenoxy) is 1. The van der Waals surface area contributed by atoms with Crippen LogP contribution < -0.4 is 0 Å². The smallest absolute Gasteiger partial charge is 0.108 e. The van der Waals surface area contributed by atoms with Crippen LogP contribution in [0.3, 0.4) is 0 Å². The molecule has 0 amide bonds. The average molecular weight is 146 g/mol. The van der Waals surface area contributed by atoms with Crippen LogP contribution in [0.1, 0.15) is 20.3 Å². The van der Waals surface area contributed by atoms with Gasteiger partial charge in [-0.25, -0.2) is 0 Å². The van der Waals surface area contributed by atoms with E-state index < -0.39 is 12.2 Å². The summed E-state index contributed by atoms with van der Waals surface area (Å²) in [6.07, 6.45) is -1.04. The Kier molecular flexibility index (Phi) is 2.28. The molecule has 1 rings (SSSR count). The second-order valence-electron chi connectivity index (χ2n) is 2.77. The molecule has 60 valence electrons. The van der Waals surface area contributed by atoms with Gasteiger partial charge in [-0.3, -0.25) is 0 Å². The standard InChI is InChI=1S/C7H14O3/c1-3-5-7(9)6(8)4(2)10-5/h4-9H,3H2,1-2H3. The summed E-state index contributed by atoms with van der Waals surface area (Å²) in [6.45, 7) is 3.70. The fraction of sp³-hybridized carbons (Fsp3) is 1.00. The van der Waals surface area contributed by atoms with Crippen molar-refractivity contribution in [2.24, 2.45) is 0 Å². The number of hydrogen-bond donors (Lipinski definition) is 2. The van der Waals surface area contributed by atoms with Crippen LogP contribution in [0.2, 0.25) is 0 Å². The van der Waals surface area contributed by atoms with E-state index in [1.807, 2.05) is 6.92 Å². The van der Waals surface area contributed by atoms with Crippen molar-refractivity contribution in [3.05, 3.63) is 0 Å².